The Bertz CT molecular complexity index is 326. The molecule has 1 heterocycles. The van der Waals surface area contributed by atoms with Gasteiger partial charge in [-0.1, -0.05) is 13.3 Å². The summed E-state index contributed by atoms with van der Waals surface area (Å²) in [5, 5.41) is 7.17. The number of piperidine rings is 1. The number of guanidine groups is 1. The molecular formula is C16H32N4O. The number of nitrogens with one attached hydrogen (secondary N) is 2. The Labute approximate surface area is 129 Å². The lowest BCUT2D eigenvalue weighted by Crippen LogP contribution is -2.49. The third kappa shape index (κ3) is 5.47. The van der Waals surface area contributed by atoms with Gasteiger partial charge in [-0.2, -0.15) is 0 Å². The van der Waals surface area contributed by atoms with Gasteiger partial charge in [-0.05, 0) is 31.6 Å². The predicted molar refractivity (Wildman–Crippen MR) is 87.8 cm³/mol. The Balaban J connectivity index is 1.65. The summed E-state index contributed by atoms with van der Waals surface area (Å²) in [4.78, 5) is 6.87. The highest BCUT2D eigenvalue weighted by Crippen LogP contribution is 2.34. The molecule has 0 amide bonds. The molecule has 1 aliphatic heterocycles. The predicted octanol–water partition coefficient (Wildman–Crippen LogP) is 1.45. The van der Waals surface area contributed by atoms with E-state index in [-0.39, 0.29) is 0 Å². The van der Waals surface area contributed by atoms with Crippen LogP contribution in [0.1, 0.15) is 39.0 Å². The molecule has 122 valence electrons. The molecule has 0 radical (unpaired) electrons. The van der Waals surface area contributed by atoms with Crippen LogP contribution in [0.15, 0.2) is 4.99 Å². The first-order chi connectivity index (χ1) is 10.3. The maximum atomic E-state index is 5.15. The molecule has 2 rings (SSSR count). The Morgan fingerprint density at radius 2 is 2.05 bits per heavy atom. The van der Waals surface area contributed by atoms with Crippen molar-refractivity contribution in [3.63, 3.8) is 0 Å². The lowest BCUT2D eigenvalue weighted by molar-refractivity contribution is 0.128. The lowest BCUT2D eigenvalue weighted by Gasteiger charge is -2.32. The molecule has 5 heteroatoms. The van der Waals surface area contributed by atoms with Gasteiger partial charge >= 0.3 is 0 Å². The number of aliphatic imine (C=N–C) groups is 1. The standard InChI is InChI=1S/C16H32N4O/c1-4-5-13-12-15(13)19-16(17-2)18-14-6-8-20(9-7-14)10-11-21-3/h13-15H,4-12H2,1-3H3,(H2,17,18,19). The molecule has 0 aromatic rings. The Morgan fingerprint density at radius 3 is 2.67 bits per heavy atom. The van der Waals surface area contributed by atoms with Gasteiger partial charge in [0.25, 0.3) is 0 Å². The molecule has 2 atom stereocenters. The van der Waals surface area contributed by atoms with E-state index in [0.29, 0.717) is 12.1 Å². The van der Waals surface area contributed by atoms with Crippen LogP contribution in [0, 0.1) is 5.92 Å². The van der Waals surface area contributed by atoms with Crippen LogP contribution in [-0.4, -0.2) is 63.3 Å². The van der Waals surface area contributed by atoms with Crippen LogP contribution >= 0.6 is 0 Å². The van der Waals surface area contributed by atoms with E-state index in [1.807, 2.05) is 7.05 Å². The van der Waals surface area contributed by atoms with E-state index in [1.54, 1.807) is 7.11 Å². The molecule has 0 aromatic carbocycles. The monoisotopic (exact) mass is 296 g/mol. The van der Waals surface area contributed by atoms with E-state index in [2.05, 4.69) is 27.4 Å². The molecule has 0 bridgehead atoms. The first kappa shape index (κ1) is 16.6. The number of methoxy groups -OCH3 is 1. The summed E-state index contributed by atoms with van der Waals surface area (Å²) in [6.07, 6.45) is 6.31. The molecule has 2 N–H and O–H groups in total. The van der Waals surface area contributed by atoms with E-state index in [1.165, 1.54) is 32.1 Å². The minimum Gasteiger partial charge on any atom is -0.383 e. The summed E-state index contributed by atoms with van der Waals surface area (Å²) >= 11 is 0. The van der Waals surface area contributed by atoms with Gasteiger partial charge in [-0.25, -0.2) is 0 Å². The van der Waals surface area contributed by atoms with Crippen LogP contribution in [-0.2, 0) is 4.74 Å². The fourth-order valence-corrected chi connectivity index (χ4v) is 3.18. The molecule has 1 saturated carbocycles. The minimum atomic E-state index is 0.554. The van der Waals surface area contributed by atoms with Gasteiger partial charge in [0.05, 0.1) is 6.61 Å². The lowest BCUT2D eigenvalue weighted by atomic mass is 10.1. The van der Waals surface area contributed by atoms with Crippen molar-refractivity contribution in [2.75, 3.05) is 40.4 Å². The summed E-state index contributed by atoms with van der Waals surface area (Å²) in [6.45, 7) is 6.46. The summed E-state index contributed by atoms with van der Waals surface area (Å²) in [5.41, 5.74) is 0. The molecule has 2 unspecified atom stereocenters. The third-order valence-electron chi connectivity index (χ3n) is 4.67. The van der Waals surface area contributed by atoms with Crippen molar-refractivity contribution in [2.24, 2.45) is 10.9 Å². The Kier molecular flexibility index (Phi) is 6.77. The number of hydrogen-bond acceptors (Lipinski definition) is 3. The van der Waals surface area contributed by atoms with Crippen molar-refractivity contribution in [1.82, 2.24) is 15.5 Å². The van der Waals surface area contributed by atoms with Gasteiger partial charge in [-0.3, -0.25) is 4.99 Å². The number of hydrogen-bond donors (Lipinski definition) is 2. The zero-order chi connectivity index (χ0) is 15.1. The van der Waals surface area contributed by atoms with E-state index in [4.69, 9.17) is 4.74 Å². The fourth-order valence-electron chi connectivity index (χ4n) is 3.18. The number of nitrogens with zero attached hydrogens (tertiary/aromatic N) is 2. The smallest absolute Gasteiger partial charge is 0.191 e. The van der Waals surface area contributed by atoms with Crippen molar-refractivity contribution in [3.8, 4) is 0 Å². The number of rotatable bonds is 7. The second-order valence-corrected chi connectivity index (χ2v) is 6.36. The molecule has 0 spiro atoms. The maximum absolute atomic E-state index is 5.15. The fraction of sp³-hybridized carbons (Fsp3) is 0.938. The summed E-state index contributed by atoms with van der Waals surface area (Å²) in [7, 11) is 3.65. The largest absolute Gasteiger partial charge is 0.383 e. The van der Waals surface area contributed by atoms with Crippen molar-refractivity contribution < 1.29 is 4.74 Å². The molecule has 1 aliphatic carbocycles. The highest BCUT2D eigenvalue weighted by Gasteiger charge is 2.36. The van der Waals surface area contributed by atoms with Crippen molar-refractivity contribution in [2.45, 2.75) is 51.1 Å². The van der Waals surface area contributed by atoms with Gasteiger partial charge in [0, 0.05) is 45.9 Å². The van der Waals surface area contributed by atoms with Crippen molar-refractivity contribution >= 4 is 5.96 Å². The SMILES string of the molecule is CCCC1CC1NC(=NC)NC1CCN(CCOC)CC1. The van der Waals surface area contributed by atoms with Crippen LogP contribution in [0.4, 0.5) is 0 Å². The summed E-state index contributed by atoms with van der Waals surface area (Å²) in [6, 6.07) is 1.20. The van der Waals surface area contributed by atoms with Crippen LogP contribution in [0.2, 0.25) is 0 Å². The van der Waals surface area contributed by atoms with Gasteiger partial charge in [0.2, 0.25) is 0 Å². The number of ether oxygens (including phenoxy) is 1. The van der Waals surface area contributed by atoms with Crippen molar-refractivity contribution in [3.05, 3.63) is 0 Å². The maximum Gasteiger partial charge on any atom is 0.191 e. The molecule has 5 nitrogen and oxygen atoms in total. The van der Waals surface area contributed by atoms with E-state index < -0.39 is 0 Å². The van der Waals surface area contributed by atoms with Gasteiger partial charge in [0.1, 0.15) is 0 Å². The van der Waals surface area contributed by atoms with E-state index >= 15 is 0 Å². The highest BCUT2D eigenvalue weighted by atomic mass is 16.5. The van der Waals surface area contributed by atoms with Crippen LogP contribution in [0.5, 0.6) is 0 Å². The van der Waals surface area contributed by atoms with Crippen LogP contribution in [0.3, 0.4) is 0 Å². The topological polar surface area (TPSA) is 48.9 Å². The normalized spacial score (nSPS) is 27.7. The second kappa shape index (κ2) is 8.59. The number of likely N-dealkylation sites (tertiary alicyclic amines) is 1. The van der Waals surface area contributed by atoms with Gasteiger partial charge in [-0.15, -0.1) is 0 Å². The van der Waals surface area contributed by atoms with Crippen molar-refractivity contribution in [1.29, 1.82) is 0 Å². The molecule has 21 heavy (non-hydrogen) atoms. The van der Waals surface area contributed by atoms with Crippen LogP contribution < -0.4 is 10.6 Å². The zero-order valence-electron chi connectivity index (χ0n) is 13.9. The molecule has 2 fully saturated rings. The molecule has 2 aliphatic rings. The third-order valence-corrected chi connectivity index (χ3v) is 4.67. The average Bonchev–Trinajstić information content (AvgIpc) is 3.24. The Hall–Kier alpha value is -0.810. The zero-order valence-corrected chi connectivity index (χ0v) is 13.9. The van der Waals surface area contributed by atoms with Crippen LogP contribution in [0.25, 0.3) is 0 Å². The first-order valence-corrected chi connectivity index (χ1v) is 8.48. The van der Waals surface area contributed by atoms with E-state index in [9.17, 15) is 0 Å². The Morgan fingerprint density at radius 1 is 1.29 bits per heavy atom. The average molecular weight is 296 g/mol. The van der Waals surface area contributed by atoms with Gasteiger partial charge in [0.15, 0.2) is 5.96 Å². The summed E-state index contributed by atoms with van der Waals surface area (Å²) < 4.78 is 5.15. The molecule has 1 saturated heterocycles. The molecular weight excluding hydrogens is 264 g/mol. The second-order valence-electron chi connectivity index (χ2n) is 6.36. The molecule has 0 aromatic heterocycles. The highest BCUT2D eigenvalue weighted by molar-refractivity contribution is 5.80. The van der Waals surface area contributed by atoms with E-state index in [0.717, 1.165) is 38.1 Å². The first-order valence-electron chi connectivity index (χ1n) is 8.48. The summed E-state index contributed by atoms with van der Waals surface area (Å²) in [5.74, 6) is 1.86. The quantitative estimate of drug-likeness (QED) is 0.551. The van der Waals surface area contributed by atoms with Gasteiger partial charge < -0.3 is 20.3 Å². The minimum absolute atomic E-state index is 0.554.